The summed E-state index contributed by atoms with van der Waals surface area (Å²) < 4.78 is 0. The number of carbonyl (C=O) groups excluding carboxylic acids is 1. The predicted molar refractivity (Wildman–Crippen MR) is 94.9 cm³/mol. The van der Waals surface area contributed by atoms with Crippen LogP contribution >= 0.6 is 0 Å². The zero-order valence-corrected chi connectivity index (χ0v) is 13.9. The molecule has 0 bridgehead atoms. The summed E-state index contributed by atoms with van der Waals surface area (Å²) in [6.07, 6.45) is 5.52. The van der Waals surface area contributed by atoms with Gasteiger partial charge in [0.25, 0.3) is 0 Å². The molecule has 2 heteroatoms. The zero-order chi connectivity index (χ0) is 16.1. The average molecular weight is 317 g/mol. The van der Waals surface area contributed by atoms with Crippen molar-refractivity contribution in [3.05, 3.63) is 71.3 Å². The Morgan fingerprint density at radius 3 is 2.58 bits per heavy atom. The summed E-state index contributed by atoms with van der Waals surface area (Å²) >= 11 is 0. The van der Waals surface area contributed by atoms with Crippen LogP contribution in [-0.2, 0) is 16.6 Å². The number of fused-ring (bicyclic) bond motifs is 2. The lowest BCUT2D eigenvalue weighted by atomic mass is 9.76. The fourth-order valence-electron chi connectivity index (χ4n) is 4.97. The fraction of sp³-hybridized carbons (Fsp3) is 0.409. The molecule has 2 nitrogen and oxygen atoms in total. The van der Waals surface area contributed by atoms with Crippen molar-refractivity contribution in [2.45, 2.75) is 49.5 Å². The molecule has 1 amide bonds. The molecule has 2 fully saturated rings. The fourth-order valence-corrected chi connectivity index (χ4v) is 4.97. The van der Waals surface area contributed by atoms with Gasteiger partial charge in [-0.2, -0.15) is 0 Å². The molecule has 3 aliphatic carbocycles. The van der Waals surface area contributed by atoms with Gasteiger partial charge in [0.15, 0.2) is 0 Å². The van der Waals surface area contributed by atoms with Gasteiger partial charge in [-0.05, 0) is 54.7 Å². The Balaban J connectivity index is 1.20. The smallest absolute Gasteiger partial charge is 0.224 e. The number of nitrogens with one attached hydrogen (secondary N) is 1. The maximum Gasteiger partial charge on any atom is 0.224 e. The number of hydrogen-bond acceptors (Lipinski definition) is 1. The minimum absolute atomic E-state index is 0.170. The summed E-state index contributed by atoms with van der Waals surface area (Å²) in [5.74, 6) is 1.12. The van der Waals surface area contributed by atoms with E-state index in [4.69, 9.17) is 0 Å². The van der Waals surface area contributed by atoms with Crippen molar-refractivity contribution in [2.75, 3.05) is 0 Å². The molecule has 24 heavy (non-hydrogen) atoms. The van der Waals surface area contributed by atoms with E-state index in [-0.39, 0.29) is 11.3 Å². The molecule has 3 aliphatic rings. The molecule has 0 aliphatic heterocycles. The highest BCUT2D eigenvalue weighted by Crippen LogP contribution is 2.61. The standard InChI is InChI=1S/C22H23NO/c24-21(23-18-12-17(13-18)15-6-2-1-3-7-15)20-14-22(20)11-10-16-8-4-5-9-19(16)22/h1-9,17-18,20H,10-14H2,(H,23,24). The normalized spacial score (nSPS) is 32.9. The minimum Gasteiger partial charge on any atom is -0.353 e. The maximum absolute atomic E-state index is 12.7. The second-order valence-corrected chi connectivity index (χ2v) is 7.85. The highest BCUT2D eigenvalue weighted by atomic mass is 16.2. The summed E-state index contributed by atoms with van der Waals surface area (Å²) in [5.41, 5.74) is 4.49. The van der Waals surface area contributed by atoms with E-state index in [1.54, 1.807) is 0 Å². The van der Waals surface area contributed by atoms with Gasteiger partial charge in [0.2, 0.25) is 5.91 Å². The van der Waals surface area contributed by atoms with E-state index in [1.807, 2.05) is 0 Å². The van der Waals surface area contributed by atoms with Gasteiger partial charge in [0.05, 0.1) is 0 Å². The van der Waals surface area contributed by atoms with Crippen LogP contribution in [0.2, 0.25) is 0 Å². The third kappa shape index (κ3) is 2.12. The molecule has 122 valence electrons. The van der Waals surface area contributed by atoms with E-state index in [0.717, 1.165) is 32.1 Å². The SMILES string of the molecule is O=C(NC1CC(c2ccccc2)C1)C1CC12CCc1ccccc12. The number of benzene rings is 2. The molecule has 5 rings (SSSR count). The number of aryl methyl sites for hydroxylation is 1. The van der Waals surface area contributed by atoms with Crippen LogP contribution < -0.4 is 5.32 Å². The van der Waals surface area contributed by atoms with Crippen LogP contribution in [0.1, 0.15) is 48.3 Å². The minimum atomic E-state index is 0.170. The van der Waals surface area contributed by atoms with Crippen LogP contribution in [0.25, 0.3) is 0 Å². The van der Waals surface area contributed by atoms with Crippen molar-refractivity contribution in [3.63, 3.8) is 0 Å². The lowest BCUT2D eigenvalue weighted by Crippen LogP contribution is -2.44. The third-order valence-electron chi connectivity index (χ3n) is 6.54. The van der Waals surface area contributed by atoms with Crippen molar-refractivity contribution in [3.8, 4) is 0 Å². The topological polar surface area (TPSA) is 29.1 Å². The second-order valence-electron chi connectivity index (χ2n) is 7.85. The Labute approximate surface area is 143 Å². The Hall–Kier alpha value is -2.09. The van der Waals surface area contributed by atoms with E-state index < -0.39 is 0 Å². The monoisotopic (exact) mass is 317 g/mol. The van der Waals surface area contributed by atoms with Crippen LogP contribution in [0.15, 0.2) is 54.6 Å². The number of rotatable bonds is 3. The third-order valence-corrected chi connectivity index (χ3v) is 6.54. The molecule has 0 radical (unpaired) electrons. The van der Waals surface area contributed by atoms with E-state index in [9.17, 15) is 4.79 Å². The van der Waals surface area contributed by atoms with Gasteiger partial charge >= 0.3 is 0 Å². The molecular weight excluding hydrogens is 294 g/mol. The number of amides is 1. The molecule has 2 saturated carbocycles. The number of hydrogen-bond donors (Lipinski definition) is 1. The van der Waals surface area contributed by atoms with Crippen molar-refractivity contribution < 1.29 is 4.79 Å². The van der Waals surface area contributed by atoms with E-state index in [0.29, 0.717) is 17.9 Å². The van der Waals surface area contributed by atoms with Gasteiger partial charge < -0.3 is 5.32 Å². The molecule has 1 N–H and O–H groups in total. The van der Waals surface area contributed by atoms with Gasteiger partial charge in [-0.1, -0.05) is 54.6 Å². The Morgan fingerprint density at radius 1 is 1.00 bits per heavy atom. The van der Waals surface area contributed by atoms with Gasteiger partial charge in [-0.25, -0.2) is 0 Å². The molecule has 2 atom stereocenters. The maximum atomic E-state index is 12.7. The summed E-state index contributed by atoms with van der Waals surface area (Å²) in [5, 5.41) is 3.32. The summed E-state index contributed by atoms with van der Waals surface area (Å²) in [6.45, 7) is 0. The molecule has 0 aromatic heterocycles. The molecular formula is C22H23NO. The first kappa shape index (κ1) is 14.3. The van der Waals surface area contributed by atoms with Crippen LogP contribution in [0, 0.1) is 5.92 Å². The van der Waals surface area contributed by atoms with Crippen molar-refractivity contribution >= 4 is 5.91 Å². The summed E-state index contributed by atoms with van der Waals surface area (Å²) in [7, 11) is 0. The molecule has 0 heterocycles. The number of carbonyl (C=O) groups is 1. The largest absolute Gasteiger partial charge is 0.353 e. The quantitative estimate of drug-likeness (QED) is 0.912. The van der Waals surface area contributed by atoms with Gasteiger partial charge in [0.1, 0.15) is 0 Å². The van der Waals surface area contributed by atoms with Crippen LogP contribution in [0.5, 0.6) is 0 Å². The molecule has 2 aromatic carbocycles. The lowest BCUT2D eigenvalue weighted by molar-refractivity contribution is -0.124. The lowest BCUT2D eigenvalue weighted by Gasteiger charge is -2.36. The molecule has 0 saturated heterocycles. The van der Waals surface area contributed by atoms with Crippen molar-refractivity contribution in [2.24, 2.45) is 5.92 Å². The van der Waals surface area contributed by atoms with Gasteiger partial charge in [-0.15, -0.1) is 0 Å². The summed E-state index contributed by atoms with van der Waals surface area (Å²) in [4.78, 5) is 12.7. The average Bonchev–Trinajstić information content (AvgIpc) is 3.21. The van der Waals surface area contributed by atoms with Crippen LogP contribution in [0.3, 0.4) is 0 Å². The first-order valence-corrected chi connectivity index (χ1v) is 9.20. The van der Waals surface area contributed by atoms with Crippen molar-refractivity contribution in [1.82, 2.24) is 5.32 Å². The van der Waals surface area contributed by atoms with E-state index in [1.165, 1.54) is 16.7 Å². The van der Waals surface area contributed by atoms with E-state index >= 15 is 0 Å². The van der Waals surface area contributed by atoms with Crippen molar-refractivity contribution in [1.29, 1.82) is 0 Å². The zero-order valence-electron chi connectivity index (χ0n) is 13.9. The van der Waals surface area contributed by atoms with Crippen LogP contribution in [0.4, 0.5) is 0 Å². The second kappa shape index (κ2) is 5.20. The van der Waals surface area contributed by atoms with Gasteiger partial charge in [0, 0.05) is 17.4 Å². The predicted octanol–water partition coefficient (Wildman–Crippen LogP) is 3.95. The molecule has 1 spiro atoms. The highest BCUT2D eigenvalue weighted by Gasteiger charge is 2.61. The summed E-state index contributed by atoms with van der Waals surface area (Å²) in [6, 6.07) is 19.8. The van der Waals surface area contributed by atoms with E-state index in [2.05, 4.69) is 59.9 Å². The highest BCUT2D eigenvalue weighted by molar-refractivity contribution is 5.85. The molecule has 2 unspecified atom stereocenters. The Bertz CT molecular complexity index is 778. The van der Waals surface area contributed by atoms with Gasteiger partial charge in [-0.3, -0.25) is 4.79 Å². The first-order chi connectivity index (χ1) is 11.8. The van der Waals surface area contributed by atoms with Crippen LogP contribution in [-0.4, -0.2) is 11.9 Å². The Kier molecular flexibility index (Phi) is 3.09. The Morgan fingerprint density at radius 2 is 1.75 bits per heavy atom. The first-order valence-electron chi connectivity index (χ1n) is 9.20. The molecule has 2 aromatic rings.